The van der Waals surface area contributed by atoms with Crippen LogP contribution < -0.4 is 5.73 Å². The fourth-order valence-corrected chi connectivity index (χ4v) is 1.62. The van der Waals surface area contributed by atoms with Crippen LogP contribution in [0.1, 0.15) is 29.3 Å². The van der Waals surface area contributed by atoms with Gasteiger partial charge in [-0.3, -0.25) is 4.98 Å². The first-order chi connectivity index (χ1) is 5.27. The molecular weight excluding hydrogens is 136 g/mol. The number of fused-ring (bicyclic) bond motifs is 1. The van der Waals surface area contributed by atoms with Crippen LogP contribution in [0.5, 0.6) is 0 Å². The lowest BCUT2D eigenvalue weighted by Gasteiger charge is -2.02. The Balaban J connectivity index is 2.50. The number of nitrogens with two attached hydrogens (primary N) is 1. The van der Waals surface area contributed by atoms with Crippen molar-refractivity contribution >= 4 is 0 Å². The minimum atomic E-state index is 0.186. The van der Waals surface area contributed by atoms with E-state index < -0.39 is 0 Å². The molecule has 1 aromatic heterocycles. The third-order valence-corrected chi connectivity index (χ3v) is 2.21. The summed E-state index contributed by atoms with van der Waals surface area (Å²) in [4.78, 5) is 4.31. The van der Waals surface area contributed by atoms with Gasteiger partial charge in [-0.25, -0.2) is 0 Å². The highest BCUT2D eigenvalue weighted by molar-refractivity contribution is 5.30. The zero-order valence-corrected chi connectivity index (χ0v) is 6.67. The third-order valence-electron chi connectivity index (χ3n) is 2.21. The smallest absolute Gasteiger partial charge is 0.0603 e. The zero-order chi connectivity index (χ0) is 7.84. The number of nitrogens with zero attached hydrogens (tertiary/aromatic N) is 1. The first kappa shape index (κ1) is 6.80. The maximum atomic E-state index is 5.83. The van der Waals surface area contributed by atoms with E-state index in [-0.39, 0.29) is 6.04 Å². The maximum Gasteiger partial charge on any atom is 0.0603 e. The van der Waals surface area contributed by atoms with Crippen LogP contribution in [-0.2, 0) is 6.42 Å². The molecule has 0 fully saturated rings. The molecule has 0 amide bonds. The summed E-state index contributed by atoms with van der Waals surface area (Å²) in [5.74, 6) is 0. The second-order valence-corrected chi connectivity index (χ2v) is 3.20. The van der Waals surface area contributed by atoms with Crippen LogP contribution in [0.3, 0.4) is 0 Å². The highest BCUT2D eigenvalue weighted by Gasteiger charge is 2.19. The van der Waals surface area contributed by atoms with Gasteiger partial charge in [-0.2, -0.15) is 0 Å². The van der Waals surface area contributed by atoms with Crippen LogP contribution in [0, 0.1) is 6.92 Å². The van der Waals surface area contributed by atoms with Gasteiger partial charge in [0.05, 0.1) is 5.69 Å². The monoisotopic (exact) mass is 148 g/mol. The minimum absolute atomic E-state index is 0.186. The van der Waals surface area contributed by atoms with E-state index in [1.165, 1.54) is 11.1 Å². The van der Waals surface area contributed by atoms with Crippen molar-refractivity contribution in [2.24, 2.45) is 5.73 Å². The number of rotatable bonds is 0. The summed E-state index contributed by atoms with van der Waals surface area (Å²) < 4.78 is 0. The van der Waals surface area contributed by atoms with Crippen LogP contribution in [0.2, 0.25) is 0 Å². The highest BCUT2D eigenvalue weighted by Crippen LogP contribution is 2.27. The molecule has 2 heteroatoms. The predicted octanol–water partition coefficient (Wildman–Crippen LogP) is 1.34. The van der Waals surface area contributed by atoms with Crippen LogP contribution in [0.15, 0.2) is 12.3 Å². The van der Waals surface area contributed by atoms with Crippen molar-refractivity contribution in [3.63, 3.8) is 0 Å². The van der Waals surface area contributed by atoms with E-state index in [2.05, 4.69) is 18.0 Å². The Bertz CT molecular complexity index is 281. The van der Waals surface area contributed by atoms with Crippen molar-refractivity contribution in [1.82, 2.24) is 4.98 Å². The number of aryl methyl sites for hydroxylation is 2. The summed E-state index contributed by atoms with van der Waals surface area (Å²) in [7, 11) is 0. The van der Waals surface area contributed by atoms with E-state index in [1.807, 2.05) is 6.20 Å². The second-order valence-electron chi connectivity index (χ2n) is 3.20. The quantitative estimate of drug-likeness (QED) is 0.603. The molecule has 0 aromatic carbocycles. The summed E-state index contributed by atoms with van der Waals surface area (Å²) in [5.41, 5.74) is 9.52. The Hall–Kier alpha value is -0.890. The van der Waals surface area contributed by atoms with Gasteiger partial charge in [0.1, 0.15) is 0 Å². The topological polar surface area (TPSA) is 38.9 Å². The summed E-state index contributed by atoms with van der Waals surface area (Å²) in [6, 6.07) is 2.38. The van der Waals surface area contributed by atoms with Gasteiger partial charge in [-0.05, 0) is 30.9 Å². The molecule has 11 heavy (non-hydrogen) atoms. The van der Waals surface area contributed by atoms with Gasteiger partial charge in [0.25, 0.3) is 0 Å². The van der Waals surface area contributed by atoms with Gasteiger partial charge in [0, 0.05) is 12.2 Å². The fraction of sp³-hybridized carbons (Fsp3) is 0.444. The van der Waals surface area contributed by atoms with Crippen molar-refractivity contribution in [1.29, 1.82) is 0 Å². The summed E-state index contributed by atoms with van der Waals surface area (Å²) in [6.45, 7) is 2.07. The molecule has 0 aliphatic heterocycles. The molecule has 2 N–H and O–H groups in total. The van der Waals surface area contributed by atoms with Gasteiger partial charge >= 0.3 is 0 Å². The molecule has 1 aliphatic rings. The minimum Gasteiger partial charge on any atom is -0.323 e. The SMILES string of the molecule is Cc1cnc2c(c1)CC[C@@H]2N. The highest BCUT2D eigenvalue weighted by atomic mass is 14.8. The molecule has 1 atom stereocenters. The molecule has 2 nitrogen and oxygen atoms in total. The van der Waals surface area contributed by atoms with Gasteiger partial charge in [0.2, 0.25) is 0 Å². The molecule has 0 spiro atoms. The first-order valence-electron chi connectivity index (χ1n) is 3.98. The first-order valence-corrected chi connectivity index (χ1v) is 3.98. The van der Waals surface area contributed by atoms with E-state index in [0.717, 1.165) is 18.5 Å². The van der Waals surface area contributed by atoms with Crippen LogP contribution in [0.4, 0.5) is 0 Å². The zero-order valence-electron chi connectivity index (χ0n) is 6.67. The molecule has 0 radical (unpaired) electrons. The average molecular weight is 148 g/mol. The predicted molar refractivity (Wildman–Crippen MR) is 44.2 cm³/mol. The van der Waals surface area contributed by atoms with Gasteiger partial charge < -0.3 is 5.73 Å². The van der Waals surface area contributed by atoms with Gasteiger partial charge in [0.15, 0.2) is 0 Å². The molecule has 0 saturated heterocycles. The lowest BCUT2D eigenvalue weighted by Crippen LogP contribution is -2.06. The van der Waals surface area contributed by atoms with Crippen molar-refractivity contribution in [3.05, 3.63) is 29.1 Å². The van der Waals surface area contributed by atoms with Crippen molar-refractivity contribution < 1.29 is 0 Å². The van der Waals surface area contributed by atoms with Crippen LogP contribution in [0.25, 0.3) is 0 Å². The third kappa shape index (κ3) is 1.03. The van der Waals surface area contributed by atoms with Crippen LogP contribution >= 0.6 is 0 Å². The molecule has 1 heterocycles. The molecule has 1 aliphatic carbocycles. The average Bonchev–Trinajstić information content (AvgIpc) is 2.32. The second kappa shape index (κ2) is 2.31. The fourth-order valence-electron chi connectivity index (χ4n) is 1.62. The standard InChI is InChI=1S/C9H12N2/c1-6-4-7-2-3-8(10)9(7)11-5-6/h4-5,8H,2-3,10H2,1H3/t8-/m0/s1. The number of pyridine rings is 1. The normalized spacial score (nSPS) is 21.8. The lowest BCUT2D eigenvalue weighted by atomic mass is 10.2. The lowest BCUT2D eigenvalue weighted by molar-refractivity contribution is 0.697. The molecule has 2 rings (SSSR count). The van der Waals surface area contributed by atoms with Crippen molar-refractivity contribution in [2.75, 3.05) is 0 Å². The van der Waals surface area contributed by atoms with E-state index >= 15 is 0 Å². The van der Waals surface area contributed by atoms with Gasteiger partial charge in [-0.1, -0.05) is 6.07 Å². The summed E-state index contributed by atoms with van der Waals surface area (Å²) in [6.07, 6.45) is 4.06. The van der Waals surface area contributed by atoms with Crippen molar-refractivity contribution in [3.8, 4) is 0 Å². The Morgan fingerprint density at radius 2 is 2.45 bits per heavy atom. The van der Waals surface area contributed by atoms with E-state index in [0.29, 0.717) is 0 Å². The van der Waals surface area contributed by atoms with Crippen LogP contribution in [-0.4, -0.2) is 4.98 Å². The van der Waals surface area contributed by atoms with E-state index in [1.54, 1.807) is 0 Å². The van der Waals surface area contributed by atoms with E-state index in [9.17, 15) is 0 Å². The number of hydrogen-bond donors (Lipinski definition) is 1. The molecular formula is C9H12N2. The Morgan fingerprint density at radius 3 is 3.27 bits per heavy atom. The maximum absolute atomic E-state index is 5.83. The van der Waals surface area contributed by atoms with Crippen molar-refractivity contribution in [2.45, 2.75) is 25.8 Å². The Kier molecular flexibility index (Phi) is 1.43. The Morgan fingerprint density at radius 1 is 1.64 bits per heavy atom. The molecule has 1 aromatic rings. The Labute approximate surface area is 66.4 Å². The number of aromatic nitrogens is 1. The summed E-state index contributed by atoms with van der Waals surface area (Å²) >= 11 is 0. The van der Waals surface area contributed by atoms with E-state index in [4.69, 9.17) is 5.73 Å². The molecule has 58 valence electrons. The van der Waals surface area contributed by atoms with Gasteiger partial charge in [-0.15, -0.1) is 0 Å². The largest absolute Gasteiger partial charge is 0.323 e. The summed E-state index contributed by atoms with van der Waals surface area (Å²) in [5, 5.41) is 0. The number of hydrogen-bond acceptors (Lipinski definition) is 2. The molecule has 0 unspecified atom stereocenters. The molecule has 0 saturated carbocycles. The molecule has 0 bridgehead atoms.